The van der Waals surface area contributed by atoms with E-state index in [0.717, 1.165) is 23.9 Å². The number of halogens is 3. The first kappa shape index (κ1) is 21.4. The smallest absolute Gasteiger partial charge is 0.254 e. The van der Waals surface area contributed by atoms with Crippen LogP contribution in [0.1, 0.15) is 16.2 Å². The monoisotopic (exact) mass is 435 g/mol. The first-order valence-electron chi connectivity index (χ1n) is 8.64. The number of thioether (sulfide) groups is 1. The van der Waals surface area contributed by atoms with E-state index in [-0.39, 0.29) is 23.5 Å². The van der Waals surface area contributed by atoms with Crippen molar-refractivity contribution < 1.29 is 22.8 Å². The molecule has 7 nitrogen and oxygen atoms in total. The largest absolute Gasteiger partial charge is 0.345 e. The molecule has 0 bridgehead atoms. The Hall–Kier alpha value is -3.34. The number of hydrogen-bond acceptors (Lipinski definition) is 5. The molecule has 0 atom stereocenters. The molecule has 2 aromatic carbocycles. The zero-order valence-corrected chi connectivity index (χ0v) is 16.5. The Labute approximate surface area is 173 Å². The number of aromatic nitrogens is 3. The van der Waals surface area contributed by atoms with E-state index in [1.165, 1.54) is 18.2 Å². The van der Waals surface area contributed by atoms with E-state index in [9.17, 15) is 22.8 Å². The summed E-state index contributed by atoms with van der Waals surface area (Å²) in [7, 11) is 1.64. The number of hydrogen-bond donors (Lipinski definition) is 2. The van der Waals surface area contributed by atoms with Crippen LogP contribution in [-0.2, 0) is 18.4 Å². The number of benzene rings is 2. The van der Waals surface area contributed by atoms with Crippen LogP contribution in [0.4, 0.5) is 18.9 Å². The van der Waals surface area contributed by atoms with Crippen LogP contribution < -0.4 is 10.6 Å². The van der Waals surface area contributed by atoms with Crippen LogP contribution in [-0.4, -0.2) is 32.3 Å². The number of carbonyl (C=O) groups is 2. The van der Waals surface area contributed by atoms with Crippen molar-refractivity contribution in [3.8, 4) is 0 Å². The lowest BCUT2D eigenvalue weighted by Crippen LogP contribution is -2.25. The van der Waals surface area contributed by atoms with Gasteiger partial charge in [-0.15, -0.1) is 10.2 Å². The van der Waals surface area contributed by atoms with Crippen LogP contribution in [0.25, 0.3) is 0 Å². The van der Waals surface area contributed by atoms with Crippen molar-refractivity contribution >= 4 is 29.3 Å². The highest BCUT2D eigenvalue weighted by Gasteiger charge is 2.15. The minimum absolute atomic E-state index is 0.00418. The number of nitrogens with one attached hydrogen (secondary N) is 2. The molecular formula is C19H16F3N5O2S. The fourth-order valence-corrected chi connectivity index (χ4v) is 3.16. The highest BCUT2D eigenvalue weighted by Crippen LogP contribution is 2.18. The molecule has 2 amide bonds. The van der Waals surface area contributed by atoms with E-state index in [2.05, 4.69) is 20.8 Å². The fraction of sp³-hybridized carbons (Fsp3) is 0.158. The molecule has 0 radical (unpaired) electrons. The van der Waals surface area contributed by atoms with E-state index < -0.39 is 29.3 Å². The predicted octanol–water partition coefficient (Wildman–Crippen LogP) is 2.89. The molecule has 0 aliphatic rings. The average Bonchev–Trinajstić information content (AvgIpc) is 3.06. The quantitative estimate of drug-likeness (QED) is 0.557. The summed E-state index contributed by atoms with van der Waals surface area (Å²) < 4.78 is 41.7. The van der Waals surface area contributed by atoms with Crippen LogP contribution in [0, 0.1) is 17.5 Å². The molecular weight excluding hydrogens is 419 g/mol. The van der Waals surface area contributed by atoms with E-state index >= 15 is 0 Å². The maximum Gasteiger partial charge on any atom is 0.254 e. The maximum absolute atomic E-state index is 13.6. The molecule has 0 spiro atoms. The van der Waals surface area contributed by atoms with Crippen LogP contribution in [0.15, 0.2) is 47.6 Å². The second-order valence-electron chi connectivity index (χ2n) is 6.08. The first-order valence-corrected chi connectivity index (χ1v) is 9.62. The highest BCUT2D eigenvalue weighted by atomic mass is 32.2. The van der Waals surface area contributed by atoms with Gasteiger partial charge in [-0.1, -0.05) is 23.9 Å². The molecule has 1 aromatic heterocycles. The number of amides is 2. The Morgan fingerprint density at radius 3 is 2.57 bits per heavy atom. The lowest BCUT2D eigenvalue weighted by atomic mass is 10.2. The summed E-state index contributed by atoms with van der Waals surface area (Å²) in [6.07, 6.45) is 0. The number of rotatable bonds is 7. The van der Waals surface area contributed by atoms with Gasteiger partial charge in [0.2, 0.25) is 5.91 Å². The molecule has 1 heterocycles. The van der Waals surface area contributed by atoms with E-state index in [4.69, 9.17) is 0 Å². The molecule has 156 valence electrons. The van der Waals surface area contributed by atoms with Crippen molar-refractivity contribution in [1.82, 2.24) is 20.1 Å². The van der Waals surface area contributed by atoms with Gasteiger partial charge >= 0.3 is 0 Å². The summed E-state index contributed by atoms with van der Waals surface area (Å²) in [4.78, 5) is 24.1. The Morgan fingerprint density at radius 1 is 1.07 bits per heavy atom. The van der Waals surface area contributed by atoms with E-state index in [1.807, 2.05) is 0 Å². The minimum atomic E-state index is -0.875. The molecule has 2 N–H and O–H groups in total. The van der Waals surface area contributed by atoms with Crippen molar-refractivity contribution in [2.45, 2.75) is 11.7 Å². The minimum Gasteiger partial charge on any atom is -0.345 e. The average molecular weight is 435 g/mol. The van der Waals surface area contributed by atoms with Crippen molar-refractivity contribution in [2.24, 2.45) is 7.05 Å². The van der Waals surface area contributed by atoms with Crippen LogP contribution >= 0.6 is 11.8 Å². The summed E-state index contributed by atoms with van der Waals surface area (Å²) in [5.74, 6) is -3.05. The predicted molar refractivity (Wildman–Crippen MR) is 104 cm³/mol. The Kier molecular flexibility index (Phi) is 6.72. The second-order valence-corrected chi connectivity index (χ2v) is 7.02. The van der Waals surface area contributed by atoms with Gasteiger partial charge in [-0.3, -0.25) is 9.59 Å². The SMILES string of the molecule is Cn1c(CNC(=O)c2ccccc2F)nnc1SCC(=O)Nc1ccc(F)cc1F. The molecule has 0 saturated carbocycles. The lowest BCUT2D eigenvalue weighted by molar-refractivity contribution is -0.113. The van der Waals surface area contributed by atoms with Gasteiger partial charge in [0.1, 0.15) is 17.5 Å². The van der Waals surface area contributed by atoms with Gasteiger partial charge < -0.3 is 15.2 Å². The fourth-order valence-electron chi connectivity index (χ4n) is 2.43. The normalized spacial score (nSPS) is 10.7. The third-order valence-corrected chi connectivity index (χ3v) is 5.01. The third kappa shape index (κ3) is 5.17. The zero-order chi connectivity index (χ0) is 21.7. The first-order chi connectivity index (χ1) is 14.3. The van der Waals surface area contributed by atoms with Gasteiger partial charge in [0.05, 0.1) is 23.5 Å². The molecule has 0 saturated heterocycles. The second kappa shape index (κ2) is 9.44. The molecule has 3 rings (SSSR count). The van der Waals surface area contributed by atoms with Crippen molar-refractivity contribution in [2.75, 3.05) is 11.1 Å². The molecule has 0 unspecified atom stereocenters. The summed E-state index contributed by atoms with van der Waals surface area (Å²) in [6.45, 7) is 0.00418. The standard InChI is InChI=1S/C19H16F3N5O2S/c1-27-16(9-23-18(29)12-4-2-3-5-13(12)21)25-26-19(27)30-10-17(28)24-15-7-6-11(20)8-14(15)22/h2-8H,9-10H2,1H3,(H,23,29)(H,24,28). The number of carbonyl (C=O) groups excluding carboxylic acids is 2. The summed E-state index contributed by atoms with van der Waals surface area (Å²) in [6, 6.07) is 8.44. The zero-order valence-electron chi connectivity index (χ0n) is 15.7. The van der Waals surface area contributed by atoms with Gasteiger partial charge in [0.25, 0.3) is 5.91 Å². The Bertz CT molecular complexity index is 1090. The maximum atomic E-state index is 13.6. The van der Waals surface area contributed by atoms with Gasteiger partial charge in [-0.25, -0.2) is 13.2 Å². The van der Waals surface area contributed by atoms with Gasteiger partial charge in [-0.2, -0.15) is 0 Å². The molecule has 11 heteroatoms. The van der Waals surface area contributed by atoms with Crippen molar-refractivity contribution in [3.63, 3.8) is 0 Å². The summed E-state index contributed by atoms with van der Waals surface area (Å²) in [5.41, 5.74) is -0.213. The summed E-state index contributed by atoms with van der Waals surface area (Å²) in [5, 5.41) is 13.2. The molecule has 0 aliphatic carbocycles. The lowest BCUT2D eigenvalue weighted by Gasteiger charge is -2.07. The number of nitrogens with zero attached hydrogens (tertiary/aromatic N) is 3. The molecule has 30 heavy (non-hydrogen) atoms. The topological polar surface area (TPSA) is 88.9 Å². The van der Waals surface area contributed by atoms with Gasteiger partial charge in [-0.05, 0) is 24.3 Å². The van der Waals surface area contributed by atoms with E-state index in [1.54, 1.807) is 17.7 Å². The number of anilines is 1. The third-order valence-electron chi connectivity index (χ3n) is 3.99. The summed E-state index contributed by atoms with van der Waals surface area (Å²) >= 11 is 1.05. The Balaban J connectivity index is 1.54. The van der Waals surface area contributed by atoms with Crippen LogP contribution in [0.3, 0.4) is 0 Å². The molecule has 0 fully saturated rings. The van der Waals surface area contributed by atoms with Crippen molar-refractivity contribution in [1.29, 1.82) is 0 Å². The Morgan fingerprint density at radius 2 is 1.83 bits per heavy atom. The van der Waals surface area contributed by atoms with Crippen LogP contribution in [0.2, 0.25) is 0 Å². The molecule has 0 aliphatic heterocycles. The van der Waals surface area contributed by atoms with Crippen LogP contribution in [0.5, 0.6) is 0 Å². The van der Waals surface area contributed by atoms with Gasteiger partial charge in [0.15, 0.2) is 11.0 Å². The van der Waals surface area contributed by atoms with E-state index in [0.29, 0.717) is 17.0 Å². The highest BCUT2D eigenvalue weighted by molar-refractivity contribution is 7.99. The molecule has 3 aromatic rings. The van der Waals surface area contributed by atoms with Gasteiger partial charge in [0, 0.05) is 13.1 Å². The van der Waals surface area contributed by atoms with Crippen molar-refractivity contribution in [3.05, 3.63) is 71.3 Å².